The van der Waals surface area contributed by atoms with Crippen LogP contribution >= 0.6 is 0 Å². The zero-order valence-electron chi connectivity index (χ0n) is 9.89. The van der Waals surface area contributed by atoms with Crippen LogP contribution in [0, 0.1) is 11.8 Å². The van der Waals surface area contributed by atoms with E-state index in [9.17, 15) is 14.4 Å². The van der Waals surface area contributed by atoms with Crippen LogP contribution < -0.4 is 5.73 Å². The fourth-order valence-corrected chi connectivity index (χ4v) is 2.61. The summed E-state index contributed by atoms with van der Waals surface area (Å²) in [6.07, 6.45) is 0.277. The second-order valence-corrected chi connectivity index (χ2v) is 4.47. The van der Waals surface area contributed by atoms with Crippen molar-refractivity contribution in [2.24, 2.45) is 17.6 Å². The van der Waals surface area contributed by atoms with Gasteiger partial charge in [-0.05, 0) is 6.92 Å². The Morgan fingerprint density at radius 1 is 1.29 bits per heavy atom. The van der Waals surface area contributed by atoms with E-state index in [1.54, 1.807) is 11.8 Å². The molecule has 0 bridgehead atoms. The quantitative estimate of drug-likeness (QED) is 0.627. The Morgan fingerprint density at radius 3 is 2.24 bits per heavy atom. The minimum absolute atomic E-state index is 0.0643. The molecule has 0 spiro atoms. The van der Waals surface area contributed by atoms with E-state index in [-0.39, 0.29) is 36.0 Å². The molecule has 0 unspecified atom stereocenters. The molecule has 0 saturated carbocycles. The van der Waals surface area contributed by atoms with E-state index < -0.39 is 0 Å². The standard InChI is InChI=1S/C11H17N3O3/c1-2-14-10(16)7-5-13(9(15)3-4-12)6-8(7)11(14)17/h7-8H,2-6,12H2,1H3/t7-,8-/m0/s1. The van der Waals surface area contributed by atoms with Crippen LogP contribution in [0.2, 0.25) is 0 Å². The SMILES string of the molecule is CCN1C(=O)[C@H]2CN(C(=O)CCN)C[C@@H]2C1=O. The Bertz CT molecular complexity index is 345. The summed E-state index contributed by atoms with van der Waals surface area (Å²) in [5, 5.41) is 0. The molecule has 0 aromatic carbocycles. The van der Waals surface area contributed by atoms with Gasteiger partial charge in [0.2, 0.25) is 17.7 Å². The first-order valence-electron chi connectivity index (χ1n) is 5.93. The number of imide groups is 1. The molecule has 2 rings (SSSR count). The van der Waals surface area contributed by atoms with Crippen molar-refractivity contribution in [3.8, 4) is 0 Å². The second kappa shape index (κ2) is 4.44. The number of likely N-dealkylation sites (tertiary alicyclic amines) is 2. The molecule has 2 heterocycles. The monoisotopic (exact) mass is 239 g/mol. The minimum atomic E-state index is -0.329. The van der Waals surface area contributed by atoms with E-state index in [4.69, 9.17) is 5.73 Å². The third-order valence-electron chi connectivity index (χ3n) is 3.51. The summed E-state index contributed by atoms with van der Waals surface area (Å²) in [6, 6.07) is 0. The van der Waals surface area contributed by atoms with Gasteiger partial charge in [0, 0.05) is 32.6 Å². The maximum absolute atomic E-state index is 11.9. The van der Waals surface area contributed by atoms with Gasteiger partial charge in [-0.3, -0.25) is 19.3 Å². The molecule has 6 heteroatoms. The number of carbonyl (C=O) groups is 3. The van der Waals surface area contributed by atoms with Crippen molar-refractivity contribution >= 4 is 17.7 Å². The molecule has 0 radical (unpaired) electrons. The Balaban J connectivity index is 2.07. The number of fused-ring (bicyclic) bond motifs is 1. The molecule has 3 amide bonds. The second-order valence-electron chi connectivity index (χ2n) is 4.47. The lowest BCUT2D eigenvalue weighted by Gasteiger charge is -2.19. The van der Waals surface area contributed by atoms with Gasteiger partial charge in [-0.15, -0.1) is 0 Å². The maximum Gasteiger partial charge on any atom is 0.234 e. The van der Waals surface area contributed by atoms with Crippen molar-refractivity contribution in [2.45, 2.75) is 13.3 Å². The average molecular weight is 239 g/mol. The van der Waals surface area contributed by atoms with E-state index in [2.05, 4.69) is 0 Å². The fourth-order valence-electron chi connectivity index (χ4n) is 2.61. The fraction of sp³-hybridized carbons (Fsp3) is 0.727. The highest BCUT2D eigenvalue weighted by atomic mass is 16.2. The number of nitrogens with zero attached hydrogens (tertiary/aromatic N) is 2. The summed E-state index contributed by atoms with van der Waals surface area (Å²) in [7, 11) is 0. The van der Waals surface area contributed by atoms with E-state index >= 15 is 0 Å². The van der Waals surface area contributed by atoms with Gasteiger partial charge in [0.05, 0.1) is 11.8 Å². The summed E-state index contributed by atoms with van der Waals surface area (Å²) < 4.78 is 0. The highest BCUT2D eigenvalue weighted by molar-refractivity contribution is 6.06. The zero-order valence-corrected chi connectivity index (χ0v) is 9.89. The molecular formula is C11H17N3O3. The highest BCUT2D eigenvalue weighted by Gasteiger charge is 2.52. The number of nitrogens with two attached hydrogens (primary N) is 1. The van der Waals surface area contributed by atoms with Crippen molar-refractivity contribution in [3.63, 3.8) is 0 Å². The first kappa shape index (κ1) is 12.0. The molecule has 6 nitrogen and oxygen atoms in total. The maximum atomic E-state index is 11.9. The van der Waals surface area contributed by atoms with Crippen LogP contribution in [0.1, 0.15) is 13.3 Å². The van der Waals surface area contributed by atoms with Crippen LogP contribution in [0.3, 0.4) is 0 Å². The van der Waals surface area contributed by atoms with Crippen LogP contribution in [-0.2, 0) is 14.4 Å². The Morgan fingerprint density at radius 2 is 1.82 bits per heavy atom. The van der Waals surface area contributed by atoms with Crippen molar-refractivity contribution in [2.75, 3.05) is 26.2 Å². The summed E-state index contributed by atoms with van der Waals surface area (Å²) in [6.45, 7) is 3.23. The summed E-state index contributed by atoms with van der Waals surface area (Å²) in [4.78, 5) is 38.3. The van der Waals surface area contributed by atoms with Gasteiger partial charge >= 0.3 is 0 Å². The van der Waals surface area contributed by atoms with Gasteiger partial charge in [-0.2, -0.15) is 0 Å². The van der Waals surface area contributed by atoms with Gasteiger partial charge in [0.15, 0.2) is 0 Å². The molecule has 0 aliphatic carbocycles. The number of hydrogen-bond donors (Lipinski definition) is 1. The summed E-state index contributed by atoms with van der Waals surface area (Å²) in [5.41, 5.74) is 5.32. The first-order chi connectivity index (χ1) is 8.10. The normalized spacial score (nSPS) is 27.9. The molecule has 2 atom stereocenters. The van der Waals surface area contributed by atoms with Crippen molar-refractivity contribution in [1.29, 1.82) is 0 Å². The van der Waals surface area contributed by atoms with E-state index in [0.717, 1.165) is 0 Å². The predicted molar refractivity (Wildman–Crippen MR) is 59.6 cm³/mol. The molecule has 2 saturated heterocycles. The zero-order chi connectivity index (χ0) is 12.6. The molecule has 2 aliphatic heterocycles. The Kier molecular flexibility index (Phi) is 3.15. The lowest BCUT2D eigenvalue weighted by Crippen LogP contribution is -2.38. The van der Waals surface area contributed by atoms with E-state index in [0.29, 0.717) is 26.2 Å². The van der Waals surface area contributed by atoms with Crippen LogP contribution in [0.5, 0.6) is 0 Å². The lowest BCUT2D eigenvalue weighted by molar-refractivity contribution is -0.140. The third-order valence-corrected chi connectivity index (χ3v) is 3.51. The van der Waals surface area contributed by atoms with Crippen molar-refractivity contribution in [1.82, 2.24) is 9.80 Å². The number of amides is 3. The molecule has 0 aromatic rings. The highest BCUT2D eigenvalue weighted by Crippen LogP contribution is 2.33. The smallest absolute Gasteiger partial charge is 0.234 e. The number of hydrogen-bond acceptors (Lipinski definition) is 4. The molecular weight excluding hydrogens is 222 g/mol. The van der Waals surface area contributed by atoms with Gasteiger partial charge in [-0.1, -0.05) is 0 Å². The molecule has 2 fully saturated rings. The lowest BCUT2D eigenvalue weighted by atomic mass is 10.00. The topological polar surface area (TPSA) is 83.7 Å². The number of carbonyl (C=O) groups excluding carboxylic acids is 3. The van der Waals surface area contributed by atoms with Gasteiger partial charge in [0.25, 0.3) is 0 Å². The molecule has 0 aromatic heterocycles. The Hall–Kier alpha value is -1.43. The van der Waals surface area contributed by atoms with Gasteiger partial charge < -0.3 is 10.6 Å². The van der Waals surface area contributed by atoms with Crippen LogP contribution in [-0.4, -0.2) is 53.7 Å². The van der Waals surface area contributed by atoms with Crippen molar-refractivity contribution < 1.29 is 14.4 Å². The Labute approximate surface area is 99.7 Å². The van der Waals surface area contributed by atoms with E-state index in [1.165, 1.54) is 4.90 Å². The summed E-state index contributed by atoms with van der Waals surface area (Å²) >= 11 is 0. The van der Waals surface area contributed by atoms with Crippen LogP contribution in [0.25, 0.3) is 0 Å². The first-order valence-corrected chi connectivity index (χ1v) is 5.93. The average Bonchev–Trinajstić information content (AvgIpc) is 2.81. The summed E-state index contributed by atoms with van der Waals surface area (Å²) in [5.74, 6) is -0.991. The largest absolute Gasteiger partial charge is 0.341 e. The third kappa shape index (κ3) is 1.82. The minimum Gasteiger partial charge on any atom is -0.341 e. The molecule has 2 N–H and O–H groups in total. The van der Waals surface area contributed by atoms with Gasteiger partial charge in [-0.25, -0.2) is 0 Å². The molecule has 17 heavy (non-hydrogen) atoms. The van der Waals surface area contributed by atoms with E-state index in [1.807, 2.05) is 0 Å². The van der Waals surface area contributed by atoms with Crippen molar-refractivity contribution in [3.05, 3.63) is 0 Å². The predicted octanol–water partition coefficient (Wildman–Crippen LogP) is -1.20. The molecule has 2 aliphatic rings. The van der Waals surface area contributed by atoms with Crippen LogP contribution in [0.15, 0.2) is 0 Å². The number of rotatable bonds is 3. The van der Waals surface area contributed by atoms with Crippen LogP contribution in [0.4, 0.5) is 0 Å². The molecule has 94 valence electrons. The van der Waals surface area contributed by atoms with Gasteiger partial charge in [0.1, 0.15) is 0 Å².